The molecule has 0 spiro atoms. The van der Waals surface area contributed by atoms with Crippen LogP contribution >= 0.6 is 0 Å². The topological polar surface area (TPSA) is 15.3 Å². The first-order valence-electron chi connectivity index (χ1n) is 5.68. The molecule has 2 nitrogen and oxygen atoms in total. The molecule has 13 heavy (non-hydrogen) atoms. The highest BCUT2D eigenvalue weighted by Crippen LogP contribution is 2.26. The van der Waals surface area contributed by atoms with Crippen molar-refractivity contribution in [2.45, 2.75) is 39.7 Å². The Kier molecular flexibility index (Phi) is 4.74. The molecule has 0 aliphatic heterocycles. The molecular weight excluding hydrogens is 160 g/mol. The Balaban J connectivity index is 2.13. The Morgan fingerprint density at radius 3 is 2.54 bits per heavy atom. The van der Waals surface area contributed by atoms with E-state index in [1.807, 2.05) is 0 Å². The van der Waals surface area contributed by atoms with Crippen LogP contribution < -0.4 is 5.32 Å². The molecule has 0 atom stereocenters. The fourth-order valence-electron chi connectivity index (χ4n) is 1.73. The van der Waals surface area contributed by atoms with Gasteiger partial charge in [0.05, 0.1) is 0 Å². The van der Waals surface area contributed by atoms with Crippen molar-refractivity contribution in [1.29, 1.82) is 0 Å². The molecule has 1 aliphatic carbocycles. The second kappa shape index (κ2) is 5.61. The van der Waals surface area contributed by atoms with Gasteiger partial charge in [-0.3, -0.25) is 4.90 Å². The lowest BCUT2D eigenvalue weighted by Crippen LogP contribution is -2.36. The second-order valence-electron chi connectivity index (χ2n) is 4.47. The third-order valence-corrected chi connectivity index (χ3v) is 2.49. The Morgan fingerprint density at radius 2 is 2.08 bits per heavy atom. The third-order valence-electron chi connectivity index (χ3n) is 2.49. The fraction of sp³-hybridized carbons (Fsp3) is 1.00. The van der Waals surface area contributed by atoms with Gasteiger partial charge in [-0.05, 0) is 25.3 Å². The Bertz CT molecular complexity index is 130. The molecule has 0 unspecified atom stereocenters. The monoisotopic (exact) mass is 184 g/mol. The van der Waals surface area contributed by atoms with Gasteiger partial charge in [0.2, 0.25) is 0 Å². The van der Waals surface area contributed by atoms with Gasteiger partial charge >= 0.3 is 0 Å². The molecule has 1 aliphatic rings. The minimum Gasteiger partial charge on any atom is -0.316 e. The van der Waals surface area contributed by atoms with Crippen molar-refractivity contribution in [2.24, 2.45) is 5.92 Å². The molecule has 2 heteroatoms. The number of rotatable bonds is 7. The van der Waals surface area contributed by atoms with E-state index in [4.69, 9.17) is 0 Å². The maximum absolute atomic E-state index is 3.39. The maximum Gasteiger partial charge on any atom is 0.0110 e. The van der Waals surface area contributed by atoms with Crippen LogP contribution in [0.2, 0.25) is 0 Å². The van der Waals surface area contributed by atoms with Crippen LogP contribution in [0.1, 0.15) is 33.6 Å². The van der Waals surface area contributed by atoms with Gasteiger partial charge in [-0.2, -0.15) is 0 Å². The van der Waals surface area contributed by atoms with Gasteiger partial charge in [0, 0.05) is 25.7 Å². The minimum atomic E-state index is 0.808. The van der Waals surface area contributed by atoms with E-state index in [0.29, 0.717) is 0 Å². The molecule has 0 bridgehead atoms. The molecule has 0 aromatic heterocycles. The summed E-state index contributed by atoms with van der Waals surface area (Å²) in [6.45, 7) is 11.5. The summed E-state index contributed by atoms with van der Waals surface area (Å²) in [5, 5.41) is 3.39. The molecule has 1 saturated carbocycles. The van der Waals surface area contributed by atoms with E-state index in [2.05, 4.69) is 31.0 Å². The molecular formula is C11H24N2. The molecule has 0 saturated heterocycles. The van der Waals surface area contributed by atoms with Crippen LogP contribution in [0.3, 0.4) is 0 Å². The number of nitrogens with zero attached hydrogens (tertiary/aromatic N) is 1. The van der Waals surface area contributed by atoms with Crippen LogP contribution in [-0.4, -0.2) is 37.1 Å². The lowest BCUT2D eigenvalue weighted by molar-refractivity contribution is 0.235. The Hall–Kier alpha value is -0.0800. The SMILES string of the molecule is CCNCCN(CC(C)C)C1CC1. The molecule has 0 radical (unpaired) electrons. The van der Waals surface area contributed by atoms with Gasteiger partial charge in [0.25, 0.3) is 0 Å². The molecule has 1 N–H and O–H groups in total. The Morgan fingerprint density at radius 1 is 1.38 bits per heavy atom. The van der Waals surface area contributed by atoms with Gasteiger partial charge in [0.15, 0.2) is 0 Å². The summed E-state index contributed by atoms with van der Waals surface area (Å²) in [5.41, 5.74) is 0. The summed E-state index contributed by atoms with van der Waals surface area (Å²) in [6.07, 6.45) is 2.86. The van der Waals surface area contributed by atoms with E-state index < -0.39 is 0 Å². The van der Waals surface area contributed by atoms with Gasteiger partial charge in [-0.25, -0.2) is 0 Å². The standard InChI is InChI=1S/C11H24N2/c1-4-12-7-8-13(9-10(2)3)11-5-6-11/h10-12H,4-9H2,1-3H3. The highest BCUT2D eigenvalue weighted by Gasteiger charge is 2.28. The molecule has 0 aromatic carbocycles. The van der Waals surface area contributed by atoms with Crippen molar-refractivity contribution in [1.82, 2.24) is 10.2 Å². The van der Waals surface area contributed by atoms with Crippen LogP contribution in [0.15, 0.2) is 0 Å². The van der Waals surface area contributed by atoms with Crippen LogP contribution in [0.4, 0.5) is 0 Å². The second-order valence-corrected chi connectivity index (χ2v) is 4.47. The van der Waals surface area contributed by atoms with Gasteiger partial charge in [-0.1, -0.05) is 20.8 Å². The average molecular weight is 184 g/mol. The lowest BCUT2D eigenvalue weighted by Gasteiger charge is -2.23. The first-order chi connectivity index (χ1) is 6.24. The van der Waals surface area contributed by atoms with Crippen molar-refractivity contribution >= 4 is 0 Å². The summed E-state index contributed by atoms with van der Waals surface area (Å²) in [4.78, 5) is 2.65. The van der Waals surface area contributed by atoms with E-state index in [0.717, 1.165) is 25.0 Å². The fourth-order valence-corrected chi connectivity index (χ4v) is 1.73. The van der Waals surface area contributed by atoms with Crippen molar-refractivity contribution in [3.63, 3.8) is 0 Å². The first kappa shape index (κ1) is 11.0. The third kappa shape index (κ3) is 4.63. The van der Waals surface area contributed by atoms with Crippen molar-refractivity contribution in [3.8, 4) is 0 Å². The number of likely N-dealkylation sites (N-methyl/N-ethyl adjacent to an activating group) is 1. The average Bonchev–Trinajstić information content (AvgIpc) is 2.84. The van der Waals surface area contributed by atoms with Gasteiger partial charge in [0.1, 0.15) is 0 Å². The van der Waals surface area contributed by atoms with E-state index >= 15 is 0 Å². The summed E-state index contributed by atoms with van der Waals surface area (Å²) in [7, 11) is 0. The van der Waals surface area contributed by atoms with Crippen molar-refractivity contribution in [2.75, 3.05) is 26.2 Å². The summed E-state index contributed by atoms with van der Waals surface area (Å²) in [5.74, 6) is 0.808. The lowest BCUT2D eigenvalue weighted by atomic mass is 10.2. The molecule has 0 aromatic rings. The summed E-state index contributed by atoms with van der Waals surface area (Å²) < 4.78 is 0. The summed E-state index contributed by atoms with van der Waals surface area (Å²) in [6, 6.07) is 0.918. The largest absolute Gasteiger partial charge is 0.316 e. The minimum absolute atomic E-state index is 0.808. The normalized spacial score (nSPS) is 17.3. The van der Waals surface area contributed by atoms with Crippen molar-refractivity contribution in [3.05, 3.63) is 0 Å². The zero-order valence-corrected chi connectivity index (χ0v) is 9.34. The molecule has 1 fully saturated rings. The quantitative estimate of drug-likeness (QED) is 0.606. The van der Waals surface area contributed by atoms with Crippen LogP contribution in [0, 0.1) is 5.92 Å². The zero-order valence-electron chi connectivity index (χ0n) is 9.34. The zero-order chi connectivity index (χ0) is 9.68. The number of hydrogen-bond acceptors (Lipinski definition) is 2. The predicted molar refractivity (Wildman–Crippen MR) is 58.0 cm³/mol. The molecule has 1 rings (SSSR count). The van der Waals surface area contributed by atoms with E-state index in [1.165, 1.54) is 25.9 Å². The highest BCUT2D eigenvalue weighted by molar-refractivity contribution is 4.85. The molecule has 0 heterocycles. The Labute approximate surface area is 82.7 Å². The van der Waals surface area contributed by atoms with Crippen LogP contribution in [-0.2, 0) is 0 Å². The van der Waals surface area contributed by atoms with E-state index in [9.17, 15) is 0 Å². The van der Waals surface area contributed by atoms with Crippen LogP contribution in [0.25, 0.3) is 0 Å². The van der Waals surface area contributed by atoms with Crippen LogP contribution in [0.5, 0.6) is 0 Å². The maximum atomic E-state index is 3.39. The van der Waals surface area contributed by atoms with Gasteiger partial charge in [-0.15, -0.1) is 0 Å². The molecule has 78 valence electrons. The van der Waals surface area contributed by atoms with Gasteiger partial charge < -0.3 is 5.32 Å². The predicted octanol–water partition coefficient (Wildman–Crippen LogP) is 1.72. The summed E-state index contributed by atoms with van der Waals surface area (Å²) >= 11 is 0. The molecule has 0 amide bonds. The smallest absolute Gasteiger partial charge is 0.0110 e. The number of nitrogens with one attached hydrogen (secondary N) is 1. The number of hydrogen-bond donors (Lipinski definition) is 1. The van der Waals surface area contributed by atoms with Crippen molar-refractivity contribution < 1.29 is 0 Å². The first-order valence-corrected chi connectivity index (χ1v) is 5.68. The van der Waals surface area contributed by atoms with E-state index in [-0.39, 0.29) is 0 Å². The highest BCUT2D eigenvalue weighted by atomic mass is 15.2. The van der Waals surface area contributed by atoms with E-state index in [1.54, 1.807) is 0 Å².